The number of rotatable bonds is 2. The molecule has 0 spiro atoms. The zero-order valence-electron chi connectivity index (χ0n) is 10.5. The van der Waals surface area contributed by atoms with Crippen molar-refractivity contribution in [3.8, 4) is 0 Å². The Labute approximate surface area is 112 Å². The maximum atomic E-state index is 4.62. The van der Waals surface area contributed by atoms with Crippen molar-refractivity contribution in [2.75, 3.05) is 18.0 Å². The lowest BCUT2D eigenvalue weighted by molar-refractivity contribution is 0.505. The van der Waals surface area contributed by atoms with Gasteiger partial charge in [0, 0.05) is 36.3 Å². The molecule has 0 aromatic carbocycles. The van der Waals surface area contributed by atoms with E-state index >= 15 is 0 Å². The van der Waals surface area contributed by atoms with Gasteiger partial charge < -0.3 is 4.90 Å². The van der Waals surface area contributed by atoms with E-state index in [0.717, 1.165) is 24.6 Å². The molecule has 1 fully saturated rings. The molecule has 0 saturated carbocycles. The van der Waals surface area contributed by atoms with E-state index in [1.54, 1.807) is 11.3 Å². The maximum absolute atomic E-state index is 4.62. The Morgan fingerprint density at radius 1 is 1.39 bits per heavy atom. The number of piperidine rings is 1. The number of hydrogen-bond acceptors (Lipinski definition) is 4. The van der Waals surface area contributed by atoms with Crippen LogP contribution in [0.15, 0.2) is 29.8 Å². The van der Waals surface area contributed by atoms with Gasteiger partial charge in [0.1, 0.15) is 5.82 Å². The average Bonchev–Trinajstić information content (AvgIpc) is 2.93. The Morgan fingerprint density at radius 2 is 2.33 bits per heavy atom. The second-order valence-corrected chi connectivity index (χ2v) is 5.72. The summed E-state index contributed by atoms with van der Waals surface area (Å²) in [6.07, 6.45) is 4.37. The van der Waals surface area contributed by atoms with Gasteiger partial charge in [-0.1, -0.05) is 6.07 Å². The Morgan fingerprint density at radius 3 is 3.11 bits per heavy atom. The van der Waals surface area contributed by atoms with Gasteiger partial charge in [0.05, 0.1) is 5.01 Å². The normalized spacial score (nSPS) is 20.1. The molecular weight excluding hydrogens is 242 g/mol. The SMILES string of the molecule is Cc1cccc(N2CCCC(c3nccs3)C2)n1. The van der Waals surface area contributed by atoms with Crippen molar-refractivity contribution in [2.24, 2.45) is 0 Å². The third-order valence-corrected chi connectivity index (χ3v) is 4.36. The van der Waals surface area contributed by atoms with Crippen LogP contribution in [0.4, 0.5) is 5.82 Å². The van der Waals surface area contributed by atoms with E-state index in [0.29, 0.717) is 5.92 Å². The summed E-state index contributed by atoms with van der Waals surface area (Å²) in [6, 6.07) is 6.24. The van der Waals surface area contributed by atoms with Crippen LogP contribution < -0.4 is 4.90 Å². The quantitative estimate of drug-likeness (QED) is 0.829. The maximum Gasteiger partial charge on any atom is 0.128 e. The van der Waals surface area contributed by atoms with Crippen molar-refractivity contribution in [3.05, 3.63) is 40.5 Å². The molecule has 2 aromatic heterocycles. The summed E-state index contributed by atoms with van der Waals surface area (Å²) in [4.78, 5) is 11.5. The first kappa shape index (κ1) is 11.7. The second-order valence-electron chi connectivity index (χ2n) is 4.79. The third kappa shape index (κ3) is 2.38. The summed E-state index contributed by atoms with van der Waals surface area (Å²) in [5.74, 6) is 1.68. The first-order chi connectivity index (χ1) is 8.83. The monoisotopic (exact) mass is 259 g/mol. The summed E-state index contributed by atoms with van der Waals surface area (Å²) < 4.78 is 0. The number of aryl methyl sites for hydroxylation is 1. The number of aromatic nitrogens is 2. The molecule has 18 heavy (non-hydrogen) atoms. The van der Waals surface area contributed by atoms with Gasteiger partial charge in [-0.2, -0.15) is 0 Å². The van der Waals surface area contributed by atoms with Crippen molar-refractivity contribution >= 4 is 17.2 Å². The van der Waals surface area contributed by atoms with Crippen LogP contribution >= 0.6 is 11.3 Å². The predicted molar refractivity (Wildman–Crippen MR) is 75.3 cm³/mol. The van der Waals surface area contributed by atoms with Crippen LogP contribution in [0.25, 0.3) is 0 Å². The van der Waals surface area contributed by atoms with Crippen molar-refractivity contribution in [2.45, 2.75) is 25.7 Å². The van der Waals surface area contributed by atoms with Crippen molar-refractivity contribution in [3.63, 3.8) is 0 Å². The largest absolute Gasteiger partial charge is 0.356 e. The highest BCUT2D eigenvalue weighted by Gasteiger charge is 2.23. The summed E-state index contributed by atoms with van der Waals surface area (Å²) in [7, 11) is 0. The second kappa shape index (κ2) is 5.06. The summed E-state index contributed by atoms with van der Waals surface area (Å²) in [6.45, 7) is 4.20. The molecule has 1 saturated heterocycles. The first-order valence-electron chi connectivity index (χ1n) is 6.41. The van der Waals surface area contributed by atoms with Crippen LogP contribution in [0, 0.1) is 6.92 Å². The van der Waals surface area contributed by atoms with Crippen LogP contribution in [0.2, 0.25) is 0 Å². The fourth-order valence-electron chi connectivity index (χ4n) is 2.53. The molecule has 94 valence electrons. The molecule has 3 heterocycles. The fraction of sp³-hybridized carbons (Fsp3) is 0.429. The van der Waals surface area contributed by atoms with Gasteiger partial charge in [0.15, 0.2) is 0 Å². The highest BCUT2D eigenvalue weighted by molar-refractivity contribution is 7.09. The highest BCUT2D eigenvalue weighted by atomic mass is 32.1. The van der Waals surface area contributed by atoms with Crippen LogP contribution in [0.3, 0.4) is 0 Å². The molecule has 0 bridgehead atoms. The van der Waals surface area contributed by atoms with E-state index in [1.165, 1.54) is 17.8 Å². The highest BCUT2D eigenvalue weighted by Crippen LogP contribution is 2.30. The number of hydrogen-bond donors (Lipinski definition) is 0. The lowest BCUT2D eigenvalue weighted by Crippen LogP contribution is -2.34. The minimum Gasteiger partial charge on any atom is -0.356 e. The van der Waals surface area contributed by atoms with Crippen molar-refractivity contribution in [1.82, 2.24) is 9.97 Å². The zero-order chi connectivity index (χ0) is 12.4. The lowest BCUT2D eigenvalue weighted by atomic mass is 9.99. The topological polar surface area (TPSA) is 29.0 Å². The van der Waals surface area contributed by atoms with E-state index in [9.17, 15) is 0 Å². The molecule has 1 aliphatic heterocycles. The van der Waals surface area contributed by atoms with Crippen LogP contribution in [-0.4, -0.2) is 23.1 Å². The number of nitrogens with zero attached hydrogens (tertiary/aromatic N) is 3. The molecule has 0 amide bonds. The Bertz CT molecular complexity index is 510. The zero-order valence-corrected chi connectivity index (χ0v) is 11.4. The minimum atomic E-state index is 0.570. The van der Waals surface area contributed by atoms with Gasteiger partial charge in [-0.25, -0.2) is 9.97 Å². The Kier molecular flexibility index (Phi) is 3.28. The van der Waals surface area contributed by atoms with Gasteiger partial charge in [-0.3, -0.25) is 0 Å². The molecule has 1 aliphatic rings. The van der Waals surface area contributed by atoms with E-state index in [-0.39, 0.29) is 0 Å². The minimum absolute atomic E-state index is 0.570. The molecule has 0 N–H and O–H groups in total. The molecular formula is C14H17N3S. The predicted octanol–water partition coefficient (Wildman–Crippen LogP) is 3.23. The van der Waals surface area contributed by atoms with Gasteiger partial charge in [-0.15, -0.1) is 11.3 Å². The summed E-state index contributed by atoms with van der Waals surface area (Å²) in [5.41, 5.74) is 1.09. The van der Waals surface area contributed by atoms with E-state index < -0.39 is 0 Å². The number of anilines is 1. The fourth-order valence-corrected chi connectivity index (χ4v) is 3.30. The Hall–Kier alpha value is -1.42. The van der Waals surface area contributed by atoms with Crippen molar-refractivity contribution < 1.29 is 0 Å². The van der Waals surface area contributed by atoms with E-state index in [2.05, 4.69) is 32.4 Å². The standard InChI is InChI=1S/C14H17N3S/c1-11-4-2-6-13(16-11)17-8-3-5-12(10-17)14-15-7-9-18-14/h2,4,6-7,9,12H,3,5,8,10H2,1H3. The molecule has 3 rings (SSSR count). The Balaban J connectivity index is 1.78. The van der Waals surface area contributed by atoms with Crippen LogP contribution in [0.1, 0.15) is 29.5 Å². The van der Waals surface area contributed by atoms with Gasteiger partial charge in [0.25, 0.3) is 0 Å². The van der Waals surface area contributed by atoms with E-state index in [4.69, 9.17) is 0 Å². The average molecular weight is 259 g/mol. The summed E-state index contributed by atoms with van der Waals surface area (Å²) in [5, 5.41) is 3.34. The van der Waals surface area contributed by atoms with Gasteiger partial charge in [-0.05, 0) is 31.9 Å². The third-order valence-electron chi connectivity index (χ3n) is 3.42. The van der Waals surface area contributed by atoms with Crippen molar-refractivity contribution in [1.29, 1.82) is 0 Å². The first-order valence-corrected chi connectivity index (χ1v) is 7.29. The molecule has 1 atom stereocenters. The molecule has 1 unspecified atom stereocenters. The van der Waals surface area contributed by atoms with Crippen LogP contribution in [0.5, 0.6) is 0 Å². The molecule has 0 radical (unpaired) electrons. The molecule has 3 nitrogen and oxygen atoms in total. The molecule has 2 aromatic rings. The van der Waals surface area contributed by atoms with Gasteiger partial charge in [0.2, 0.25) is 0 Å². The van der Waals surface area contributed by atoms with E-state index in [1.807, 2.05) is 19.2 Å². The van der Waals surface area contributed by atoms with Crippen LogP contribution in [-0.2, 0) is 0 Å². The lowest BCUT2D eigenvalue weighted by Gasteiger charge is -2.32. The van der Waals surface area contributed by atoms with Gasteiger partial charge >= 0.3 is 0 Å². The number of pyridine rings is 1. The molecule has 0 aliphatic carbocycles. The number of thiazole rings is 1. The summed E-state index contributed by atoms with van der Waals surface area (Å²) >= 11 is 1.77. The smallest absolute Gasteiger partial charge is 0.128 e. The molecule has 4 heteroatoms.